The van der Waals surface area contributed by atoms with E-state index in [-0.39, 0.29) is 23.7 Å². The van der Waals surface area contributed by atoms with Gasteiger partial charge in [-0.15, -0.1) is 0 Å². The zero-order chi connectivity index (χ0) is 24.9. The van der Waals surface area contributed by atoms with E-state index in [0.29, 0.717) is 19.7 Å². The van der Waals surface area contributed by atoms with Gasteiger partial charge in [0.2, 0.25) is 11.9 Å². The summed E-state index contributed by atoms with van der Waals surface area (Å²) in [5.74, 6) is 0.683. The molecule has 196 valence electrons. The molecule has 5 rings (SSSR count). The third kappa shape index (κ3) is 5.52. The Morgan fingerprint density at radius 1 is 1.00 bits per heavy atom. The number of anilines is 1. The van der Waals surface area contributed by atoms with E-state index in [2.05, 4.69) is 32.6 Å². The smallest absolute Gasteiger partial charge is 0.310 e. The van der Waals surface area contributed by atoms with Gasteiger partial charge in [-0.1, -0.05) is 12.1 Å². The van der Waals surface area contributed by atoms with E-state index in [1.807, 2.05) is 17.9 Å². The molecule has 4 heterocycles. The van der Waals surface area contributed by atoms with E-state index < -0.39 is 0 Å². The van der Waals surface area contributed by atoms with Gasteiger partial charge in [-0.2, -0.15) is 0 Å². The molecule has 9 nitrogen and oxygen atoms in total. The largest absolute Gasteiger partial charge is 0.466 e. The summed E-state index contributed by atoms with van der Waals surface area (Å²) in [6, 6.07) is 8.31. The van der Waals surface area contributed by atoms with Gasteiger partial charge >= 0.3 is 5.97 Å². The second-order valence-electron chi connectivity index (χ2n) is 10.2. The summed E-state index contributed by atoms with van der Waals surface area (Å²) in [6.45, 7) is 10.3. The van der Waals surface area contributed by atoms with E-state index in [1.54, 1.807) is 0 Å². The quantitative estimate of drug-likeness (QED) is 0.544. The van der Waals surface area contributed by atoms with Crippen molar-refractivity contribution in [2.24, 2.45) is 11.8 Å². The molecule has 1 aromatic heterocycles. The van der Waals surface area contributed by atoms with Crippen LogP contribution in [0.5, 0.6) is 0 Å². The lowest BCUT2D eigenvalue weighted by Gasteiger charge is -2.38. The van der Waals surface area contributed by atoms with Crippen molar-refractivity contribution >= 4 is 28.9 Å². The van der Waals surface area contributed by atoms with Gasteiger partial charge in [0, 0.05) is 52.4 Å². The number of likely N-dealkylation sites (tertiary alicyclic amines) is 1. The van der Waals surface area contributed by atoms with Crippen LogP contribution in [-0.2, 0) is 25.6 Å². The van der Waals surface area contributed by atoms with Crippen molar-refractivity contribution in [2.75, 3.05) is 70.5 Å². The van der Waals surface area contributed by atoms with Crippen LogP contribution in [0.3, 0.4) is 0 Å². The third-order valence-electron chi connectivity index (χ3n) is 7.78. The van der Waals surface area contributed by atoms with Gasteiger partial charge in [0.05, 0.1) is 42.7 Å². The summed E-state index contributed by atoms with van der Waals surface area (Å²) in [6.07, 6.45) is 3.48. The summed E-state index contributed by atoms with van der Waals surface area (Å²) in [5, 5.41) is 0. The minimum atomic E-state index is -0.202. The van der Waals surface area contributed by atoms with E-state index in [9.17, 15) is 9.59 Å². The summed E-state index contributed by atoms with van der Waals surface area (Å²) in [5.41, 5.74) is 2.14. The second-order valence-corrected chi connectivity index (χ2v) is 10.2. The summed E-state index contributed by atoms with van der Waals surface area (Å²) >= 11 is 0. The molecule has 0 bridgehead atoms. The molecule has 2 atom stereocenters. The number of nitrogens with zero attached hydrogens (tertiary/aromatic N) is 5. The average molecular weight is 498 g/mol. The topological polar surface area (TPSA) is 80.1 Å². The predicted molar refractivity (Wildman–Crippen MR) is 138 cm³/mol. The highest BCUT2D eigenvalue weighted by atomic mass is 16.5. The molecule has 0 saturated carbocycles. The number of morpholine rings is 1. The number of carbonyl (C=O) groups excluding carboxylic acids is 2. The lowest BCUT2D eigenvalue weighted by Crippen LogP contribution is -2.49. The number of hydrogen-bond acceptors (Lipinski definition) is 7. The molecule has 0 aliphatic carbocycles. The van der Waals surface area contributed by atoms with Crippen LogP contribution in [0.15, 0.2) is 24.3 Å². The maximum absolute atomic E-state index is 13.5. The Hall–Kier alpha value is -2.65. The number of amides is 1. The van der Waals surface area contributed by atoms with Crippen molar-refractivity contribution < 1.29 is 19.1 Å². The number of fused-ring (bicyclic) bond motifs is 1. The molecular weight excluding hydrogens is 458 g/mol. The van der Waals surface area contributed by atoms with Gasteiger partial charge < -0.3 is 23.8 Å². The first-order chi connectivity index (χ1) is 17.6. The molecule has 2 aromatic rings. The fourth-order valence-electron chi connectivity index (χ4n) is 5.84. The Morgan fingerprint density at radius 3 is 2.61 bits per heavy atom. The Labute approximate surface area is 213 Å². The number of carbonyl (C=O) groups is 2. The zero-order valence-corrected chi connectivity index (χ0v) is 21.4. The van der Waals surface area contributed by atoms with E-state index in [1.165, 1.54) is 0 Å². The maximum atomic E-state index is 13.5. The van der Waals surface area contributed by atoms with E-state index >= 15 is 0 Å². The Morgan fingerprint density at radius 2 is 1.78 bits per heavy atom. The molecule has 1 amide bonds. The van der Waals surface area contributed by atoms with Crippen LogP contribution in [0.4, 0.5) is 5.95 Å². The molecule has 0 radical (unpaired) electrons. The Kier molecular flexibility index (Phi) is 8.06. The number of hydrogen-bond donors (Lipinski definition) is 0. The van der Waals surface area contributed by atoms with Crippen molar-refractivity contribution in [2.45, 2.75) is 39.2 Å². The van der Waals surface area contributed by atoms with Crippen molar-refractivity contribution in [3.63, 3.8) is 0 Å². The number of benzene rings is 1. The van der Waals surface area contributed by atoms with Crippen LogP contribution in [0.2, 0.25) is 0 Å². The molecule has 3 aliphatic heterocycles. The normalized spacial score (nSPS) is 23.7. The summed E-state index contributed by atoms with van der Waals surface area (Å²) in [4.78, 5) is 37.5. The molecule has 0 spiro atoms. The molecule has 36 heavy (non-hydrogen) atoms. The van der Waals surface area contributed by atoms with Crippen LogP contribution < -0.4 is 4.90 Å². The summed E-state index contributed by atoms with van der Waals surface area (Å²) in [7, 11) is 0. The Balaban J connectivity index is 1.30. The lowest BCUT2D eigenvalue weighted by molar-refractivity contribution is -0.152. The van der Waals surface area contributed by atoms with Crippen molar-refractivity contribution in [1.29, 1.82) is 0 Å². The number of imidazole rings is 1. The third-order valence-corrected chi connectivity index (χ3v) is 7.78. The molecule has 3 saturated heterocycles. The lowest BCUT2D eigenvalue weighted by atomic mass is 9.93. The number of piperidine rings is 2. The fourth-order valence-corrected chi connectivity index (χ4v) is 5.84. The number of ether oxygens (including phenoxy) is 2. The van der Waals surface area contributed by atoms with Crippen molar-refractivity contribution in [3.8, 4) is 0 Å². The SMILES string of the molecule is CCOC(=O)C1CCCN(C(=O)C2CCCN(c3nc4ccccc4n3CCN3CCOCC3)C2)C1. The highest BCUT2D eigenvalue weighted by Gasteiger charge is 2.35. The molecule has 2 unspecified atom stereocenters. The van der Waals surface area contributed by atoms with Crippen LogP contribution in [0.1, 0.15) is 32.6 Å². The Bertz CT molecular complexity index is 1050. The van der Waals surface area contributed by atoms with Gasteiger partial charge in [-0.05, 0) is 44.7 Å². The molecule has 0 N–H and O–H groups in total. The molecule has 3 fully saturated rings. The van der Waals surface area contributed by atoms with E-state index in [4.69, 9.17) is 14.5 Å². The minimum Gasteiger partial charge on any atom is -0.466 e. The first kappa shape index (κ1) is 25.0. The predicted octanol–water partition coefficient (Wildman–Crippen LogP) is 2.39. The zero-order valence-electron chi connectivity index (χ0n) is 21.4. The average Bonchev–Trinajstić information content (AvgIpc) is 3.31. The van der Waals surface area contributed by atoms with Gasteiger partial charge in [-0.3, -0.25) is 14.5 Å². The molecule has 9 heteroatoms. The van der Waals surface area contributed by atoms with Crippen LogP contribution in [0.25, 0.3) is 11.0 Å². The van der Waals surface area contributed by atoms with Crippen LogP contribution in [0, 0.1) is 11.8 Å². The first-order valence-electron chi connectivity index (χ1n) is 13.6. The standard InChI is InChI=1S/C27H39N5O4/c1-2-36-26(34)22-8-6-11-30(20-22)25(33)21-7-5-12-31(19-21)27-28-23-9-3-4-10-24(23)32(27)14-13-29-15-17-35-18-16-29/h3-4,9-10,21-22H,2,5-8,11-20H2,1H3. The number of rotatable bonds is 7. The molecule has 1 aromatic carbocycles. The van der Waals surface area contributed by atoms with Gasteiger partial charge in [0.1, 0.15) is 0 Å². The number of para-hydroxylation sites is 2. The van der Waals surface area contributed by atoms with Gasteiger partial charge in [0.15, 0.2) is 0 Å². The van der Waals surface area contributed by atoms with Gasteiger partial charge in [-0.25, -0.2) is 4.98 Å². The van der Waals surface area contributed by atoms with Crippen LogP contribution in [-0.4, -0.2) is 96.9 Å². The van der Waals surface area contributed by atoms with Crippen molar-refractivity contribution in [1.82, 2.24) is 19.4 Å². The minimum absolute atomic E-state index is 0.0767. The van der Waals surface area contributed by atoms with Crippen LogP contribution >= 0.6 is 0 Å². The van der Waals surface area contributed by atoms with Crippen molar-refractivity contribution in [3.05, 3.63) is 24.3 Å². The molecular formula is C27H39N5O4. The highest BCUT2D eigenvalue weighted by Crippen LogP contribution is 2.29. The number of aromatic nitrogens is 2. The monoisotopic (exact) mass is 497 g/mol. The fraction of sp³-hybridized carbons (Fsp3) is 0.667. The maximum Gasteiger partial charge on any atom is 0.310 e. The van der Waals surface area contributed by atoms with E-state index in [0.717, 1.165) is 95.1 Å². The summed E-state index contributed by atoms with van der Waals surface area (Å²) < 4.78 is 13.1. The first-order valence-corrected chi connectivity index (χ1v) is 13.6. The second kappa shape index (κ2) is 11.6. The number of esters is 1. The van der Waals surface area contributed by atoms with Gasteiger partial charge in [0.25, 0.3) is 0 Å². The highest BCUT2D eigenvalue weighted by molar-refractivity contribution is 5.82. The molecule has 3 aliphatic rings.